The van der Waals surface area contributed by atoms with E-state index in [1.54, 1.807) is 7.11 Å². The highest BCUT2D eigenvalue weighted by Crippen LogP contribution is 2.17. The van der Waals surface area contributed by atoms with Crippen molar-refractivity contribution in [2.24, 2.45) is 0 Å². The van der Waals surface area contributed by atoms with Crippen LogP contribution < -0.4 is 10.9 Å². The Hall–Kier alpha value is -1.11. The molecular weight excluding hydrogens is 258 g/mol. The number of aliphatic hydroxyl groups is 1. The van der Waals surface area contributed by atoms with Gasteiger partial charge < -0.3 is 15.2 Å². The molecule has 18 heavy (non-hydrogen) atoms. The van der Waals surface area contributed by atoms with Gasteiger partial charge in [-0.2, -0.15) is 5.10 Å². The number of anilines is 1. The Bertz CT molecular complexity index is 459. The fourth-order valence-corrected chi connectivity index (χ4v) is 1.44. The lowest BCUT2D eigenvalue weighted by molar-refractivity contribution is 0.0344. The van der Waals surface area contributed by atoms with Crippen LogP contribution in [0.3, 0.4) is 0 Å². The molecule has 1 aromatic rings. The van der Waals surface area contributed by atoms with E-state index in [1.165, 1.54) is 6.20 Å². The number of nitrogens with zero attached hydrogens (tertiary/aromatic N) is 2. The summed E-state index contributed by atoms with van der Waals surface area (Å²) in [6.07, 6.45) is 1.46. The molecule has 0 aromatic carbocycles. The molecule has 1 aromatic heterocycles. The van der Waals surface area contributed by atoms with E-state index in [0.29, 0.717) is 12.2 Å². The van der Waals surface area contributed by atoms with E-state index >= 15 is 0 Å². The Morgan fingerprint density at radius 1 is 1.61 bits per heavy atom. The van der Waals surface area contributed by atoms with Crippen molar-refractivity contribution in [3.8, 4) is 0 Å². The molecule has 0 radical (unpaired) electrons. The van der Waals surface area contributed by atoms with E-state index in [1.807, 2.05) is 13.8 Å². The normalized spacial score (nSPS) is 11.6. The number of ether oxygens (including phenoxy) is 1. The summed E-state index contributed by atoms with van der Waals surface area (Å²) in [5.74, 6) is 0. The molecule has 7 heteroatoms. The van der Waals surface area contributed by atoms with Crippen LogP contribution in [0.25, 0.3) is 0 Å². The van der Waals surface area contributed by atoms with E-state index in [4.69, 9.17) is 21.4 Å². The van der Waals surface area contributed by atoms with Gasteiger partial charge in [-0.15, -0.1) is 0 Å². The second kappa shape index (κ2) is 6.17. The van der Waals surface area contributed by atoms with Crippen LogP contribution in [0.5, 0.6) is 0 Å². The van der Waals surface area contributed by atoms with Gasteiger partial charge >= 0.3 is 0 Å². The number of rotatable bonds is 6. The molecule has 0 aliphatic carbocycles. The lowest BCUT2D eigenvalue weighted by Crippen LogP contribution is -2.33. The molecule has 1 rings (SSSR count). The first-order chi connectivity index (χ1) is 8.41. The predicted octanol–water partition coefficient (Wildman–Crippen LogP) is 0.726. The molecule has 0 amide bonds. The third-order valence-corrected chi connectivity index (χ3v) is 2.92. The first-order valence-electron chi connectivity index (χ1n) is 5.57. The second-order valence-electron chi connectivity index (χ2n) is 4.44. The molecule has 0 spiro atoms. The first kappa shape index (κ1) is 14.9. The number of halogens is 1. The fourth-order valence-electron chi connectivity index (χ4n) is 1.22. The largest absolute Gasteiger partial charge is 0.394 e. The van der Waals surface area contributed by atoms with Crippen LogP contribution in [0.2, 0.25) is 5.02 Å². The Morgan fingerprint density at radius 3 is 2.83 bits per heavy atom. The monoisotopic (exact) mass is 275 g/mol. The first-order valence-corrected chi connectivity index (χ1v) is 5.94. The summed E-state index contributed by atoms with van der Waals surface area (Å²) in [6, 6.07) is 0. The van der Waals surface area contributed by atoms with Crippen molar-refractivity contribution in [3.63, 3.8) is 0 Å². The summed E-state index contributed by atoms with van der Waals surface area (Å²) in [5.41, 5.74) is -0.338. The Kier molecular flexibility index (Phi) is 5.13. The Labute approximate surface area is 111 Å². The van der Waals surface area contributed by atoms with Crippen LogP contribution in [0.4, 0.5) is 5.69 Å². The van der Waals surface area contributed by atoms with Gasteiger partial charge in [-0.1, -0.05) is 11.6 Å². The molecule has 0 saturated carbocycles. The van der Waals surface area contributed by atoms with Gasteiger partial charge in [0, 0.05) is 13.7 Å². The molecule has 2 N–H and O–H groups in total. The third kappa shape index (κ3) is 3.69. The van der Waals surface area contributed by atoms with Gasteiger partial charge in [0.25, 0.3) is 5.56 Å². The zero-order valence-corrected chi connectivity index (χ0v) is 11.5. The van der Waals surface area contributed by atoms with Crippen LogP contribution in [-0.4, -0.2) is 40.7 Å². The Balaban J connectivity index is 2.86. The minimum absolute atomic E-state index is 0.0605. The van der Waals surface area contributed by atoms with Crippen molar-refractivity contribution >= 4 is 17.3 Å². The maximum atomic E-state index is 11.8. The molecule has 0 atom stereocenters. The van der Waals surface area contributed by atoms with Gasteiger partial charge in [-0.25, -0.2) is 4.68 Å². The summed E-state index contributed by atoms with van der Waals surface area (Å²) < 4.78 is 6.37. The van der Waals surface area contributed by atoms with Crippen molar-refractivity contribution in [3.05, 3.63) is 21.6 Å². The quantitative estimate of drug-likeness (QED) is 0.800. The standard InChI is InChI=1S/C11H18ClN3O3/c1-11(2,18-3)7-13-8-6-14-15(4-5-16)10(17)9(8)12/h6,13,16H,4-5,7H2,1-3H3. The maximum absolute atomic E-state index is 11.8. The molecule has 0 bridgehead atoms. The summed E-state index contributed by atoms with van der Waals surface area (Å²) >= 11 is 5.95. The summed E-state index contributed by atoms with van der Waals surface area (Å²) in [7, 11) is 1.61. The molecule has 0 aliphatic heterocycles. The van der Waals surface area contributed by atoms with Gasteiger partial charge in [0.05, 0.1) is 30.6 Å². The van der Waals surface area contributed by atoms with Crippen LogP contribution in [0, 0.1) is 0 Å². The lowest BCUT2D eigenvalue weighted by Gasteiger charge is -2.23. The minimum atomic E-state index is -0.425. The minimum Gasteiger partial charge on any atom is -0.394 e. The smallest absolute Gasteiger partial charge is 0.287 e. The highest BCUT2D eigenvalue weighted by Gasteiger charge is 2.17. The molecule has 6 nitrogen and oxygen atoms in total. The molecule has 0 aliphatic rings. The van der Waals surface area contributed by atoms with E-state index < -0.39 is 5.56 Å². The summed E-state index contributed by atoms with van der Waals surface area (Å²) in [4.78, 5) is 11.8. The lowest BCUT2D eigenvalue weighted by atomic mass is 10.1. The number of methoxy groups -OCH3 is 1. The number of hydrogen-bond donors (Lipinski definition) is 2. The van der Waals surface area contributed by atoms with E-state index in [2.05, 4.69) is 10.4 Å². The molecule has 0 fully saturated rings. The molecular formula is C11H18ClN3O3. The topological polar surface area (TPSA) is 76.4 Å². The zero-order valence-electron chi connectivity index (χ0n) is 10.7. The average molecular weight is 276 g/mol. The van der Waals surface area contributed by atoms with Crippen molar-refractivity contribution in [1.29, 1.82) is 0 Å². The van der Waals surface area contributed by atoms with Crippen molar-refractivity contribution < 1.29 is 9.84 Å². The fraction of sp³-hybridized carbons (Fsp3) is 0.636. The maximum Gasteiger partial charge on any atom is 0.287 e. The predicted molar refractivity (Wildman–Crippen MR) is 70.2 cm³/mol. The van der Waals surface area contributed by atoms with Crippen molar-refractivity contribution in [1.82, 2.24) is 9.78 Å². The summed E-state index contributed by atoms with van der Waals surface area (Å²) in [6.45, 7) is 4.28. The molecule has 1 heterocycles. The summed E-state index contributed by atoms with van der Waals surface area (Å²) in [5, 5.41) is 15.8. The van der Waals surface area contributed by atoms with Crippen molar-refractivity contribution in [2.75, 3.05) is 25.6 Å². The molecule has 0 saturated heterocycles. The molecule has 0 unspecified atom stereocenters. The van der Waals surface area contributed by atoms with E-state index in [-0.39, 0.29) is 23.8 Å². The van der Waals surface area contributed by atoms with Crippen LogP contribution >= 0.6 is 11.6 Å². The van der Waals surface area contributed by atoms with Crippen molar-refractivity contribution in [2.45, 2.75) is 26.0 Å². The van der Waals surface area contributed by atoms with Crippen LogP contribution in [0.1, 0.15) is 13.8 Å². The van der Waals surface area contributed by atoms with Gasteiger partial charge in [0.2, 0.25) is 0 Å². The van der Waals surface area contributed by atoms with Gasteiger partial charge in [-0.3, -0.25) is 4.79 Å². The second-order valence-corrected chi connectivity index (χ2v) is 4.82. The number of aromatic nitrogens is 2. The van der Waals surface area contributed by atoms with E-state index in [9.17, 15) is 4.79 Å². The number of hydrogen-bond acceptors (Lipinski definition) is 5. The highest BCUT2D eigenvalue weighted by atomic mass is 35.5. The Morgan fingerprint density at radius 2 is 2.28 bits per heavy atom. The van der Waals surface area contributed by atoms with Gasteiger partial charge in [0.15, 0.2) is 0 Å². The van der Waals surface area contributed by atoms with E-state index in [0.717, 1.165) is 4.68 Å². The van der Waals surface area contributed by atoms with Crippen LogP contribution in [-0.2, 0) is 11.3 Å². The SMILES string of the molecule is COC(C)(C)CNc1cnn(CCO)c(=O)c1Cl. The number of nitrogens with one attached hydrogen (secondary N) is 1. The zero-order chi connectivity index (χ0) is 13.8. The van der Waals surface area contributed by atoms with Crippen LogP contribution in [0.15, 0.2) is 11.0 Å². The highest BCUT2D eigenvalue weighted by molar-refractivity contribution is 6.32. The van der Waals surface area contributed by atoms with Gasteiger partial charge in [-0.05, 0) is 13.8 Å². The average Bonchev–Trinajstić information content (AvgIpc) is 2.34. The third-order valence-electron chi connectivity index (χ3n) is 2.55. The molecule has 102 valence electrons. The number of aliphatic hydroxyl groups excluding tert-OH is 1. The van der Waals surface area contributed by atoms with Gasteiger partial charge in [0.1, 0.15) is 5.02 Å².